The number of halogens is 1. The van der Waals surface area contributed by atoms with Gasteiger partial charge in [-0.05, 0) is 59.7 Å². The van der Waals surface area contributed by atoms with Crippen molar-refractivity contribution in [2.45, 2.75) is 25.0 Å². The van der Waals surface area contributed by atoms with Gasteiger partial charge in [-0.3, -0.25) is 4.79 Å². The van der Waals surface area contributed by atoms with Crippen LogP contribution in [0.25, 0.3) is 0 Å². The van der Waals surface area contributed by atoms with E-state index in [1.165, 1.54) is 0 Å². The minimum atomic E-state index is -0.605. The highest BCUT2D eigenvalue weighted by Crippen LogP contribution is 2.25. The third kappa shape index (κ3) is 3.97. The molecular weight excluding hydrogens is 377 g/mol. The van der Waals surface area contributed by atoms with Crippen molar-refractivity contribution in [3.05, 3.63) is 63.7 Å². The molecule has 0 aliphatic heterocycles. The van der Waals surface area contributed by atoms with Crippen LogP contribution >= 0.6 is 22.6 Å². The number of amides is 1. The number of hydrogen-bond donors (Lipinski definition) is 1. The Bertz CT molecular complexity index is 608. The Morgan fingerprint density at radius 3 is 2.38 bits per heavy atom. The smallest absolute Gasteiger partial charge is 0.266 e. The third-order valence-electron chi connectivity index (χ3n) is 3.33. The second-order valence-corrected chi connectivity index (χ2v) is 6.39. The Labute approximate surface area is 137 Å². The topological polar surface area (TPSA) is 38.3 Å². The molecule has 108 valence electrons. The van der Waals surface area contributed by atoms with Crippen molar-refractivity contribution in [2.75, 3.05) is 0 Å². The number of rotatable bonds is 5. The first kappa shape index (κ1) is 14.4. The zero-order valence-corrected chi connectivity index (χ0v) is 13.6. The minimum Gasteiger partial charge on any atom is -0.476 e. The molecule has 1 aliphatic carbocycles. The molecule has 0 spiro atoms. The number of carbonyl (C=O) groups excluding carboxylic acids is 1. The summed E-state index contributed by atoms with van der Waals surface area (Å²) in [4.78, 5) is 12.4. The van der Waals surface area contributed by atoms with Crippen molar-refractivity contribution >= 4 is 28.5 Å². The summed E-state index contributed by atoms with van der Waals surface area (Å²) in [5.41, 5.74) is 0.870. The first-order valence-corrected chi connectivity index (χ1v) is 8.08. The summed E-state index contributed by atoms with van der Waals surface area (Å²) in [7, 11) is 0. The van der Waals surface area contributed by atoms with Crippen molar-refractivity contribution in [1.82, 2.24) is 5.32 Å². The molecule has 0 unspecified atom stereocenters. The summed E-state index contributed by atoms with van der Waals surface area (Å²) in [6, 6.07) is 17.7. The SMILES string of the molecule is O=C(NC1CC1)[C@@H](Oc1ccc(I)cc1)c1ccccc1. The molecule has 0 radical (unpaired) electrons. The zero-order chi connectivity index (χ0) is 14.7. The van der Waals surface area contributed by atoms with Crippen molar-refractivity contribution in [3.8, 4) is 5.75 Å². The van der Waals surface area contributed by atoms with Crippen LogP contribution in [-0.4, -0.2) is 11.9 Å². The zero-order valence-electron chi connectivity index (χ0n) is 11.5. The average Bonchev–Trinajstić information content (AvgIpc) is 3.31. The molecule has 3 nitrogen and oxygen atoms in total. The van der Waals surface area contributed by atoms with Gasteiger partial charge in [0, 0.05) is 15.2 Å². The second-order valence-electron chi connectivity index (χ2n) is 5.15. The summed E-state index contributed by atoms with van der Waals surface area (Å²) < 4.78 is 7.07. The highest BCUT2D eigenvalue weighted by atomic mass is 127. The predicted molar refractivity (Wildman–Crippen MR) is 90.1 cm³/mol. The molecule has 2 aromatic rings. The quantitative estimate of drug-likeness (QED) is 0.788. The highest BCUT2D eigenvalue weighted by Gasteiger charge is 2.29. The molecule has 1 amide bonds. The van der Waals surface area contributed by atoms with Gasteiger partial charge in [-0.1, -0.05) is 30.3 Å². The van der Waals surface area contributed by atoms with E-state index < -0.39 is 6.10 Å². The lowest BCUT2D eigenvalue weighted by Gasteiger charge is -2.19. The molecule has 2 aromatic carbocycles. The van der Waals surface area contributed by atoms with Gasteiger partial charge in [-0.15, -0.1) is 0 Å². The van der Waals surface area contributed by atoms with E-state index in [9.17, 15) is 4.79 Å². The maximum atomic E-state index is 12.4. The molecule has 4 heteroatoms. The maximum Gasteiger partial charge on any atom is 0.266 e. The van der Waals surface area contributed by atoms with Gasteiger partial charge < -0.3 is 10.1 Å². The molecule has 1 atom stereocenters. The van der Waals surface area contributed by atoms with Crippen LogP contribution in [0.3, 0.4) is 0 Å². The van der Waals surface area contributed by atoms with Crippen molar-refractivity contribution in [1.29, 1.82) is 0 Å². The molecular formula is C17H16INO2. The van der Waals surface area contributed by atoms with Gasteiger partial charge in [0.25, 0.3) is 5.91 Å². The number of nitrogens with one attached hydrogen (secondary N) is 1. The Morgan fingerprint density at radius 2 is 1.76 bits per heavy atom. The van der Waals surface area contributed by atoms with Gasteiger partial charge in [-0.25, -0.2) is 0 Å². The van der Waals surface area contributed by atoms with E-state index in [0.29, 0.717) is 11.8 Å². The number of carbonyl (C=O) groups is 1. The van der Waals surface area contributed by atoms with Crippen LogP contribution in [0, 0.1) is 3.57 Å². The van der Waals surface area contributed by atoms with Gasteiger partial charge in [0.05, 0.1) is 0 Å². The largest absolute Gasteiger partial charge is 0.476 e. The normalized spacial score (nSPS) is 15.3. The lowest BCUT2D eigenvalue weighted by Crippen LogP contribution is -2.33. The fourth-order valence-corrected chi connectivity index (χ4v) is 2.41. The molecule has 0 aromatic heterocycles. The van der Waals surface area contributed by atoms with E-state index in [1.54, 1.807) is 0 Å². The van der Waals surface area contributed by atoms with Crippen molar-refractivity contribution < 1.29 is 9.53 Å². The number of benzene rings is 2. The Hall–Kier alpha value is -1.56. The summed E-state index contributed by atoms with van der Waals surface area (Å²) in [5, 5.41) is 3.02. The lowest BCUT2D eigenvalue weighted by molar-refractivity contribution is -0.128. The molecule has 0 bridgehead atoms. The van der Waals surface area contributed by atoms with E-state index in [2.05, 4.69) is 27.9 Å². The lowest BCUT2D eigenvalue weighted by atomic mass is 10.1. The second kappa shape index (κ2) is 6.47. The van der Waals surface area contributed by atoms with Gasteiger partial charge >= 0.3 is 0 Å². The summed E-state index contributed by atoms with van der Waals surface area (Å²) >= 11 is 2.24. The molecule has 21 heavy (non-hydrogen) atoms. The first-order chi connectivity index (χ1) is 10.2. The molecule has 1 N–H and O–H groups in total. The standard InChI is InChI=1S/C17H16INO2/c18-13-6-10-15(11-7-13)21-16(12-4-2-1-3-5-12)17(20)19-14-8-9-14/h1-7,10-11,14,16H,8-9H2,(H,19,20)/t16-/m0/s1. The van der Waals surface area contributed by atoms with Crippen LogP contribution in [0.15, 0.2) is 54.6 Å². The fraction of sp³-hybridized carbons (Fsp3) is 0.235. The third-order valence-corrected chi connectivity index (χ3v) is 4.05. The molecule has 1 fully saturated rings. The van der Waals surface area contributed by atoms with Crippen LogP contribution in [0.4, 0.5) is 0 Å². The monoisotopic (exact) mass is 393 g/mol. The van der Waals surface area contributed by atoms with E-state index in [0.717, 1.165) is 22.0 Å². The fourth-order valence-electron chi connectivity index (χ4n) is 2.05. The van der Waals surface area contributed by atoms with E-state index >= 15 is 0 Å². The number of ether oxygens (including phenoxy) is 1. The Balaban J connectivity index is 1.80. The predicted octanol–water partition coefficient (Wildman–Crippen LogP) is 3.69. The highest BCUT2D eigenvalue weighted by molar-refractivity contribution is 14.1. The van der Waals surface area contributed by atoms with Crippen molar-refractivity contribution in [3.63, 3.8) is 0 Å². The maximum absolute atomic E-state index is 12.4. The summed E-state index contributed by atoms with van der Waals surface area (Å²) in [6.07, 6.45) is 1.53. The van der Waals surface area contributed by atoms with E-state index in [4.69, 9.17) is 4.74 Å². The molecule has 1 saturated carbocycles. The van der Waals surface area contributed by atoms with Crippen molar-refractivity contribution in [2.24, 2.45) is 0 Å². The first-order valence-electron chi connectivity index (χ1n) is 7.00. The average molecular weight is 393 g/mol. The van der Waals surface area contributed by atoms with E-state index in [1.807, 2.05) is 54.6 Å². The number of hydrogen-bond acceptors (Lipinski definition) is 2. The molecule has 0 saturated heterocycles. The molecule has 1 aliphatic rings. The van der Waals surface area contributed by atoms with Crippen LogP contribution in [0.5, 0.6) is 5.75 Å². The van der Waals surface area contributed by atoms with Gasteiger partial charge in [-0.2, -0.15) is 0 Å². The molecule has 0 heterocycles. The minimum absolute atomic E-state index is 0.0674. The summed E-state index contributed by atoms with van der Waals surface area (Å²) in [6.45, 7) is 0. The van der Waals surface area contributed by atoms with Crippen LogP contribution < -0.4 is 10.1 Å². The van der Waals surface area contributed by atoms with Gasteiger partial charge in [0.2, 0.25) is 6.10 Å². The summed E-state index contributed by atoms with van der Waals surface area (Å²) in [5.74, 6) is 0.637. The van der Waals surface area contributed by atoms with Crippen LogP contribution in [-0.2, 0) is 4.79 Å². The van der Waals surface area contributed by atoms with Crippen LogP contribution in [0.2, 0.25) is 0 Å². The van der Waals surface area contributed by atoms with E-state index in [-0.39, 0.29) is 5.91 Å². The Kier molecular flexibility index (Phi) is 4.43. The Morgan fingerprint density at radius 1 is 1.10 bits per heavy atom. The van der Waals surface area contributed by atoms with Gasteiger partial charge in [0.1, 0.15) is 5.75 Å². The van der Waals surface area contributed by atoms with Crippen LogP contribution in [0.1, 0.15) is 24.5 Å². The van der Waals surface area contributed by atoms with Gasteiger partial charge in [0.15, 0.2) is 0 Å². The molecule has 3 rings (SSSR count).